The molecule has 1 aromatic heterocycles. The molecule has 3 aromatic rings. The Kier molecular flexibility index (Phi) is 6.82. The summed E-state index contributed by atoms with van der Waals surface area (Å²) in [5, 5.41) is 21.9. The van der Waals surface area contributed by atoms with Crippen molar-refractivity contribution in [3.05, 3.63) is 74.5 Å². The predicted octanol–water partition coefficient (Wildman–Crippen LogP) is 2.98. The maximum absolute atomic E-state index is 12.1. The van der Waals surface area contributed by atoms with Crippen LogP contribution in [0.15, 0.2) is 63.9 Å². The van der Waals surface area contributed by atoms with Crippen LogP contribution in [0.4, 0.5) is 11.4 Å². The summed E-state index contributed by atoms with van der Waals surface area (Å²) in [5.41, 5.74) is 2.48. The molecule has 2 aromatic carbocycles. The van der Waals surface area contributed by atoms with Crippen molar-refractivity contribution in [3.63, 3.8) is 0 Å². The number of sulfonamides is 1. The first kappa shape index (κ1) is 22.9. The molecule has 0 spiro atoms. The third-order valence-electron chi connectivity index (χ3n) is 4.01. The molecule has 13 heteroatoms. The third-order valence-corrected chi connectivity index (χ3v) is 5.77. The molecule has 1 heterocycles. The summed E-state index contributed by atoms with van der Waals surface area (Å²) >= 11 is 1.25. The number of hydrogen-bond donors (Lipinski definition) is 2. The lowest BCUT2D eigenvalue weighted by atomic mass is 10.2. The Morgan fingerprint density at radius 1 is 1.22 bits per heavy atom. The van der Waals surface area contributed by atoms with Gasteiger partial charge in [-0.3, -0.25) is 15.5 Å². The number of nitrogens with zero attached hydrogens (tertiary/aromatic N) is 2. The highest BCUT2D eigenvalue weighted by molar-refractivity contribution is 7.89. The number of benzene rings is 2. The van der Waals surface area contributed by atoms with Crippen LogP contribution in [0.25, 0.3) is 0 Å². The Balaban J connectivity index is 1.77. The lowest BCUT2D eigenvalue weighted by Gasteiger charge is -2.09. The number of thiophene rings is 1. The standard InChI is InChI=1S/C19H16N4O7S2/c1-29-17-9-12(4-7-16(17)30-19(24)18-3-2-8-31-18)11-21-22-14-6-5-13(32(20,27)28)10-15(14)23(25)26/h2-11,22H,1H3,(H2,20,27,28)/b21-11+. The molecule has 3 N–H and O–H groups in total. The fourth-order valence-electron chi connectivity index (χ4n) is 2.50. The number of hydrazone groups is 1. The molecule has 166 valence electrons. The van der Waals surface area contributed by atoms with Gasteiger partial charge < -0.3 is 9.47 Å². The molecule has 3 rings (SSSR count). The first-order valence-corrected chi connectivity index (χ1v) is 11.2. The van der Waals surface area contributed by atoms with Gasteiger partial charge in [0.1, 0.15) is 10.6 Å². The van der Waals surface area contributed by atoms with Crippen LogP contribution >= 0.6 is 11.3 Å². The lowest BCUT2D eigenvalue weighted by Crippen LogP contribution is -2.12. The van der Waals surface area contributed by atoms with E-state index >= 15 is 0 Å². The predicted molar refractivity (Wildman–Crippen MR) is 118 cm³/mol. The summed E-state index contributed by atoms with van der Waals surface area (Å²) in [6.07, 6.45) is 1.35. The summed E-state index contributed by atoms with van der Waals surface area (Å²) in [4.78, 5) is 22.7. The molecule has 11 nitrogen and oxygen atoms in total. The summed E-state index contributed by atoms with van der Waals surface area (Å²) in [6.45, 7) is 0. The minimum absolute atomic E-state index is 0.0351. The van der Waals surface area contributed by atoms with Crippen molar-refractivity contribution in [1.82, 2.24) is 0 Å². The number of primary sulfonamides is 1. The van der Waals surface area contributed by atoms with Crippen LogP contribution in [0.2, 0.25) is 0 Å². The fraction of sp³-hybridized carbons (Fsp3) is 0.0526. The van der Waals surface area contributed by atoms with E-state index in [2.05, 4.69) is 10.5 Å². The number of anilines is 1. The van der Waals surface area contributed by atoms with Gasteiger partial charge in [-0.15, -0.1) is 11.3 Å². The molecule has 0 saturated carbocycles. The van der Waals surface area contributed by atoms with Crippen molar-refractivity contribution in [2.45, 2.75) is 4.90 Å². The topological polar surface area (TPSA) is 163 Å². The quantitative estimate of drug-likeness (QED) is 0.165. The van der Waals surface area contributed by atoms with Crippen LogP contribution in [-0.2, 0) is 10.0 Å². The summed E-state index contributed by atoms with van der Waals surface area (Å²) < 4.78 is 33.4. The van der Waals surface area contributed by atoms with Crippen molar-refractivity contribution in [3.8, 4) is 11.5 Å². The summed E-state index contributed by atoms with van der Waals surface area (Å²) in [5.74, 6) is -0.0239. The minimum atomic E-state index is -4.09. The monoisotopic (exact) mass is 476 g/mol. The summed E-state index contributed by atoms with van der Waals surface area (Å²) in [6, 6.07) is 11.2. The van der Waals surface area contributed by atoms with Crippen LogP contribution < -0.4 is 20.0 Å². The number of carbonyl (C=O) groups excluding carboxylic acids is 1. The van der Waals surface area contributed by atoms with E-state index in [0.29, 0.717) is 10.4 Å². The molecule has 0 saturated heterocycles. The number of hydrogen-bond acceptors (Lipinski definition) is 10. The van der Waals surface area contributed by atoms with Crippen LogP contribution in [0.3, 0.4) is 0 Å². The van der Waals surface area contributed by atoms with Gasteiger partial charge in [-0.2, -0.15) is 5.10 Å². The van der Waals surface area contributed by atoms with Crippen molar-refractivity contribution in [1.29, 1.82) is 0 Å². The first-order valence-electron chi connectivity index (χ1n) is 8.73. The normalized spacial score (nSPS) is 11.3. The van der Waals surface area contributed by atoms with Gasteiger partial charge in [0.05, 0.1) is 23.1 Å². The van der Waals surface area contributed by atoms with Crippen LogP contribution in [0.1, 0.15) is 15.2 Å². The highest BCUT2D eigenvalue weighted by Gasteiger charge is 2.19. The molecule has 0 amide bonds. The highest BCUT2D eigenvalue weighted by atomic mass is 32.2. The Morgan fingerprint density at radius 2 is 2.00 bits per heavy atom. The van der Waals surface area contributed by atoms with Gasteiger partial charge in [-0.05, 0) is 47.3 Å². The molecule has 0 aliphatic carbocycles. The number of methoxy groups -OCH3 is 1. The molecule has 0 atom stereocenters. The molecular weight excluding hydrogens is 460 g/mol. The van der Waals surface area contributed by atoms with Gasteiger partial charge in [-0.25, -0.2) is 18.4 Å². The molecule has 0 radical (unpaired) electrons. The molecule has 32 heavy (non-hydrogen) atoms. The Labute approximate surface area is 186 Å². The number of rotatable bonds is 8. The molecule has 0 aliphatic heterocycles. The number of nitrogens with one attached hydrogen (secondary N) is 1. The van der Waals surface area contributed by atoms with Gasteiger partial charge in [0.2, 0.25) is 10.0 Å². The smallest absolute Gasteiger partial charge is 0.353 e. The third kappa shape index (κ3) is 5.46. The zero-order chi connectivity index (χ0) is 23.3. The number of nitrogens with two attached hydrogens (primary N) is 1. The van der Waals surface area contributed by atoms with Gasteiger partial charge in [0.15, 0.2) is 11.5 Å². The van der Waals surface area contributed by atoms with Crippen molar-refractivity contribution < 1.29 is 27.6 Å². The van der Waals surface area contributed by atoms with Crippen LogP contribution in [-0.4, -0.2) is 32.6 Å². The van der Waals surface area contributed by atoms with Crippen LogP contribution in [0, 0.1) is 10.1 Å². The molecule has 0 aliphatic rings. The largest absolute Gasteiger partial charge is 0.493 e. The Bertz CT molecular complexity index is 1290. The second-order valence-corrected chi connectivity index (χ2v) is 8.64. The second kappa shape index (κ2) is 9.55. The van der Waals surface area contributed by atoms with E-state index in [1.165, 1.54) is 36.8 Å². The van der Waals surface area contributed by atoms with E-state index in [1.54, 1.807) is 29.6 Å². The SMILES string of the molecule is COc1cc(/C=N/Nc2ccc(S(N)(=O)=O)cc2[N+](=O)[O-])ccc1OC(=O)c1cccs1. The maximum atomic E-state index is 12.1. The molecule has 0 fully saturated rings. The number of carbonyl (C=O) groups is 1. The fourth-order valence-corrected chi connectivity index (χ4v) is 3.64. The van der Waals surface area contributed by atoms with E-state index < -0.39 is 31.5 Å². The number of ether oxygens (including phenoxy) is 2. The average molecular weight is 476 g/mol. The van der Waals surface area contributed by atoms with Gasteiger partial charge in [0.25, 0.3) is 5.69 Å². The van der Waals surface area contributed by atoms with E-state index in [1.807, 2.05) is 0 Å². The maximum Gasteiger partial charge on any atom is 0.353 e. The van der Waals surface area contributed by atoms with Gasteiger partial charge in [0, 0.05) is 6.07 Å². The first-order chi connectivity index (χ1) is 15.2. The van der Waals surface area contributed by atoms with Gasteiger partial charge in [-0.1, -0.05) is 6.07 Å². The summed E-state index contributed by atoms with van der Waals surface area (Å²) in [7, 11) is -2.68. The van der Waals surface area contributed by atoms with Crippen molar-refractivity contribution >= 4 is 44.9 Å². The number of nitro groups is 1. The second-order valence-electron chi connectivity index (χ2n) is 6.13. The average Bonchev–Trinajstić information content (AvgIpc) is 3.29. The zero-order valence-corrected chi connectivity index (χ0v) is 18.1. The van der Waals surface area contributed by atoms with Crippen molar-refractivity contribution in [2.75, 3.05) is 12.5 Å². The number of esters is 1. The Hall–Kier alpha value is -3.81. The van der Waals surface area contributed by atoms with Crippen molar-refractivity contribution in [2.24, 2.45) is 10.2 Å². The zero-order valence-electron chi connectivity index (χ0n) is 16.4. The van der Waals surface area contributed by atoms with E-state index in [4.69, 9.17) is 14.6 Å². The molecule has 0 unspecified atom stereocenters. The Morgan fingerprint density at radius 3 is 2.62 bits per heavy atom. The molecular formula is C19H16N4O7S2. The van der Waals surface area contributed by atoms with E-state index in [-0.39, 0.29) is 17.2 Å². The van der Waals surface area contributed by atoms with E-state index in [9.17, 15) is 23.3 Å². The van der Waals surface area contributed by atoms with Gasteiger partial charge >= 0.3 is 5.97 Å². The number of nitro benzene ring substituents is 1. The molecule has 0 bridgehead atoms. The van der Waals surface area contributed by atoms with Crippen LogP contribution in [0.5, 0.6) is 11.5 Å². The van der Waals surface area contributed by atoms with E-state index in [0.717, 1.165) is 12.1 Å². The lowest BCUT2D eigenvalue weighted by molar-refractivity contribution is -0.384. The highest BCUT2D eigenvalue weighted by Crippen LogP contribution is 2.29. The minimum Gasteiger partial charge on any atom is -0.493 e.